The lowest BCUT2D eigenvalue weighted by molar-refractivity contribution is 0.412. The predicted molar refractivity (Wildman–Crippen MR) is 84.9 cm³/mol. The van der Waals surface area contributed by atoms with Crippen LogP contribution in [0.25, 0.3) is 0 Å². The van der Waals surface area contributed by atoms with Crippen molar-refractivity contribution in [1.29, 1.82) is 0 Å². The Balaban J connectivity index is 2.37. The Morgan fingerprint density at radius 1 is 1.19 bits per heavy atom. The largest absolute Gasteiger partial charge is 0.496 e. The van der Waals surface area contributed by atoms with Gasteiger partial charge >= 0.3 is 0 Å². The van der Waals surface area contributed by atoms with Gasteiger partial charge in [0.1, 0.15) is 23.7 Å². The lowest BCUT2D eigenvalue weighted by Gasteiger charge is -2.17. The van der Waals surface area contributed by atoms with Crippen molar-refractivity contribution in [3.63, 3.8) is 0 Å². The molecule has 0 aliphatic carbocycles. The Hall–Kier alpha value is -2.34. The van der Waals surface area contributed by atoms with Crippen LogP contribution in [0.15, 0.2) is 24.5 Å². The van der Waals surface area contributed by atoms with Crippen LogP contribution >= 0.6 is 0 Å². The van der Waals surface area contributed by atoms with Crippen LogP contribution in [0.5, 0.6) is 5.75 Å². The predicted octanol–water partition coefficient (Wildman–Crippen LogP) is 2.95. The van der Waals surface area contributed by atoms with E-state index in [-0.39, 0.29) is 5.92 Å². The van der Waals surface area contributed by atoms with Gasteiger partial charge in [-0.15, -0.1) is 0 Å². The van der Waals surface area contributed by atoms with Crippen molar-refractivity contribution < 1.29 is 4.74 Å². The smallest absolute Gasteiger partial charge is 0.148 e. The van der Waals surface area contributed by atoms with Crippen molar-refractivity contribution in [2.75, 3.05) is 17.9 Å². The molecule has 6 heteroatoms. The second-order valence-corrected chi connectivity index (χ2v) is 5.09. The number of aromatic nitrogens is 2. The third-order valence-corrected chi connectivity index (χ3v) is 3.26. The second kappa shape index (κ2) is 6.41. The minimum absolute atomic E-state index is 0.235. The average molecular weight is 287 g/mol. The zero-order valence-electron chi connectivity index (χ0n) is 12.8. The highest BCUT2D eigenvalue weighted by atomic mass is 16.5. The molecule has 21 heavy (non-hydrogen) atoms. The molecule has 0 amide bonds. The van der Waals surface area contributed by atoms with E-state index in [1.165, 1.54) is 6.33 Å². The van der Waals surface area contributed by atoms with Crippen LogP contribution in [-0.2, 0) is 0 Å². The number of hydrogen-bond donors (Lipinski definition) is 3. The molecule has 0 bridgehead atoms. The van der Waals surface area contributed by atoms with Gasteiger partial charge in [-0.2, -0.15) is 0 Å². The van der Waals surface area contributed by atoms with Crippen molar-refractivity contribution in [2.45, 2.75) is 26.7 Å². The minimum atomic E-state index is 0.235. The third-order valence-electron chi connectivity index (χ3n) is 3.26. The normalized spacial score (nSPS) is 10.6. The molecule has 4 N–H and O–H groups in total. The van der Waals surface area contributed by atoms with E-state index in [0.717, 1.165) is 28.4 Å². The van der Waals surface area contributed by atoms with Gasteiger partial charge < -0.3 is 15.5 Å². The highest BCUT2D eigenvalue weighted by Gasteiger charge is 2.14. The maximum atomic E-state index is 5.53. The van der Waals surface area contributed by atoms with E-state index >= 15 is 0 Å². The van der Waals surface area contributed by atoms with E-state index in [9.17, 15) is 0 Å². The number of nitrogen functional groups attached to an aromatic ring is 1. The number of ether oxygens (including phenoxy) is 1. The highest BCUT2D eigenvalue weighted by molar-refractivity contribution is 5.66. The van der Waals surface area contributed by atoms with Crippen LogP contribution in [0, 0.1) is 6.92 Å². The van der Waals surface area contributed by atoms with Crippen LogP contribution in [0.4, 0.5) is 17.3 Å². The second-order valence-electron chi connectivity index (χ2n) is 5.09. The molecule has 1 aromatic carbocycles. The topological polar surface area (TPSA) is 85.1 Å². The van der Waals surface area contributed by atoms with Crippen molar-refractivity contribution in [1.82, 2.24) is 9.97 Å². The monoisotopic (exact) mass is 287 g/mol. The zero-order chi connectivity index (χ0) is 15.4. The van der Waals surface area contributed by atoms with Crippen molar-refractivity contribution in [3.8, 4) is 5.75 Å². The van der Waals surface area contributed by atoms with Gasteiger partial charge in [0.05, 0.1) is 7.11 Å². The molecule has 0 aliphatic heterocycles. The Bertz CT molecular complexity index is 627. The van der Waals surface area contributed by atoms with Gasteiger partial charge in [0.15, 0.2) is 0 Å². The Morgan fingerprint density at radius 3 is 2.48 bits per heavy atom. The third kappa shape index (κ3) is 3.22. The molecule has 6 nitrogen and oxygen atoms in total. The van der Waals surface area contributed by atoms with Crippen molar-refractivity contribution in [3.05, 3.63) is 35.7 Å². The summed E-state index contributed by atoms with van der Waals surface area (Å²) in [7, 11) is 1.66. The summed E-state index contributed by atoms with van der Waals surface area (Å²) in [5.41, 5.74) is 5.57. The standard InChI is InChI=1S/C15H21N5O/c1-9(2)13-14(17-8-18-15(13)20-16)19-11-5-6-12(21-4)10(3)7-11/h5-9H,16H2,1-4H3,(H2,17,18,19,20). The fourth-order valence-corrected chi connectivity index (χ4v) is 2.25. The quantitative estimate of drug-likeness (QED) is 0.579. The Kier molecular flexibility index (Phi) is 4.59. The Labute approximate surface area is 124 Å². The first-order chi connectivity index (χ1) is 10.1. The van der Waals surface area contributed by atoms with Gasteiger partial charge in [-0.3, -0.25) is 0 Å². The first kappa shape index (κ1) is 15.1. The summed E-state index contributed by atoms with van der Waals surface area (Å²) in [5.74, 6) is 8.00. The van der Waals surface area contributed by atoms with E-state index in [1.54, 1.807) is 7.11 Å². The lowest BCUT2D eigenvalue weighted by Crippen LogP contribution is -2.14. The fourth-order valence-electron chi connectivity index (χ4n) is 2.25. The summed E-state index contributed by atoms with van der Waals surface area (Å²) < 4.78 is 5.27. The number of methoxy groups -OCH3 is 1. The number of anilines is 3. The molecule has 0 saturated heterocycles. The number of hydrogen-bond acceptors (Lipinski definition) is 6. The Morgan fingerprint density at radius 2 is 1.90 bits per heavy atom. The SMILES string of the molecule is COc1ccc(Nc2ncnc(NN)c2C(C)C)cc1C. The number of nitrogens with zero attached hydrogens (tertiary/aromatic N) is 2. The molecule has 0 spiro atoms. The van der Waals surface area contributed by atoms with Gasteiger partial charge in [-0.25, -0.2) is 15.8 Å². The maximum Gasteiger partial charge on any atom is 0.148 e. The molecule has 0 atom stereocenters. The molecular weight excluding hydrogens is 266 g/mol. The van der Waals surface area contributed by atoms with Gasteiger partial charge in [0.25, 0.3) is 0 Å². The molecule has 1 aromatic heterocycles. The highest BCUT2D eigenvalue weighted by Crippen LogP contribution is 2.31. The van der Waals surface area contributed by atoms with E-state index in [2.05, 4.69) is 34.6 Å². The van der Waals surface area contributed by atoms with Gasteiger partial charge in [-0.1, -0.05) is 13.8 Å². The van der Waals surface area contributed by atoms with Crippen LogP contribution < -0.4 is 21.3 Å². The molecular formula is C15H21N5O. The number of benzene rings is 1. The first-order valence-corrected chi connectivity index (χ1v) is 6.80. The maximum absolute atomic E-state index is 5.53. The van der Waals surface area contributed by atoms with Crippen LogP contribution in [0.2, 0.25) is 0 Å². The van der Waals surface area contributed by atoms with Crippen molar-refractivity contribution in [2.24, 2.45) is 5.84 Å². The minimum Gasteiger partial charge on any atom is -0.496 e. The summed E-state index contributed by atoms with van der Waals surface area (Å²) in [6.45, 7) is 6.15. The van der Waals surface area contributed by atoms with Crippen LogP contribution in [-0.4, -0.2) is 17.1 Å². The number of hydrazine groups is 1. The van der Waals surface area contributed by atoms with Crippen molar-refractivity contribution >= 4 is 17.3 Å². The molecule has 0 aliphatic rings. The summed E-state index contributed by atoms with van der Waals surface area (Å²) in [6, 6.07) is 5.89. The molecule has 0 fully saturated rings. The summed E-state index contributed by atoms with van der Waals surface area (Å²) in [5, 5.41) is 3.32. The number of nitrogens with two attached hydrogens (primary N) is 1. The van der Waals surface area contributed by atoms with Gasteiger partial charge in [-0.05, 0) is 36.6 Å². The van der Waals surface area contributed by atoms with Crippen LogP contribution in [0.1, 0.15) is 30.9 Å². The molecule has 2 aromatic rings. The molecule has 0 saturated carbocycles. The van der Waals surface area contributed by atoms with E-state index < -0.39 is 0 Å². The summed E-state index contributed by atoms with van der Waals surface area (Å²) in [4.78, 5) is 8.49. The fraction of sp³-hybridized carbons (Fsp3) is 0.333. The molecule has 0 unspecified atom stereocenters. The van der Waals surface area contributed by atoms with Gasteiger partial charge in [0, 0.05) is 11.3 Å². The zero-order valence-corrected chi connectivity index (χ0v) is 12.8. The summed E-state index contributed by atoms with van der Waals surface area (Å²) >= 11 is 0. The van der Waals surface area contributed by atoms with E-state index in [4.69, 9.17) is 10.6 Å². The number of nitrogens with one attached hydrogen (secondary N) is 2. The molecule has 112 valence electrons. The van der Waals surface area contributed by atoms with E-state index in [0.29, 0.717) is 5.82 Å². The number of rotatable bonds is 5. The average Bonchev–Trinajstić information content (AvgIpc) is 2.46. The molecule has 2 rings (SSSR count). The lowest BCUT2D eigenvalue weighted by atomic mass is 10.0. The summed E-state index contributed by atoms with van der Waals surface area (Å²) in [6.07, 6.45) is 1.49. The molecule has 1 heterocycles. The molecule has 0 radical (unpaired) electrons. The van der Waals surface area contributed by atoms with Crippen LogP contribution in [0.3, 0.4) is 0 Å². The van der Waals surface area contributed by atoms with E-state index in [1.807, 2.05) is 25.1 Å². The van der Waals surface area contributed by atoms with Gasteiger partial charge in [0.2, 0.25) is 0 Å². The number of aryl methyl sites for hydroxylation is 1. The first-order valence-electron chi connectivity index (χ1n) is 6.80.